The molecule has 3 amide bonds. The van der Waals surface area contributed by atoms with Crippen LogP contribution < -0.4 is 5.32 Å². The molecule has 1 aliphatic rings. The highest BCUT2D eigenvalue weighted by Crippen LogP contribution is 2.29. The molecule has 1 aromatic rings. The number of carbonyl (C=O) groups excluding carboxylic acids is 2. The number of carbonyl (C=O) groups is 2. The van der Waals surface area contributed by atoms with E-state index in [0.29, 0.717) is 18.4 Å². The summed E-state index contributed by atoms with van der Waals surface area (Å²) < 4.78 is 0. The van der Waals surface area contributed by atoms with Crippen molar-refractivity contribution in [1.29, 1.82) is 0 Å². The maximum atomic E-state index is 12.7. The van der Waals surface area contributed by atoms with Crippen molar-refractivity contribution in [1.82, 2.24) is 10.2 Å². The van der Waals surface area contributed by atoms with Crippen LogP contribution in [0, 0.1) is 10.1 Å². The lowest BCUT2D eigenvalue weighted by Crippen LogP contribution is -2.46. The van der Waals surface area contributed by atoms with E-state index in [1.54, 1.807) is 12.1 Å². The van der Waals surface area contributed by atoms with Crippen LogP contribution in [0.5, 0.6) is 0 Å². The Bertz CT molecular complexity index is 624. The third-order valence-corrected chi connectivity index (χ3v) is 4.06. The number of imide groups is 1. The van der Waals surface area contributed by atoms with Gasteiger partial charge in [-0.25, -0.2) is 4.79 Å². The first-order chi connectivity index (χ1) is 10.9. The second-order valence-corrected chi connectivity index (χ2v) is 5.83. The maximum Gasteiger partial charge on any atom is 0.325 e. The summed E-state index contributed by atoms with van der Waals surface area (Å²) in [7, 11) is 0. The van der Waals surface area contributed by atoms with Crippen LogP contribution in [-0.2, 0) is 11.3 Å². The van der Waals surface area contributed by atoms with Gasteiger partial charge < -0.3 is 5.32 Å². The molecule has 124 valence electrons. The smallest absolute Gasteiger partial charge is 0.323 e. The molecule has 1 N–H and O–H groups in total. The molecule has 7 nitrogen and oxygen atoms in total. The maximum absolute atomic E-state index is 12.7. The predicted octanol–water partition coefficient (Wildman–Crippen LogP) is 2.99. The average molecular weight is 319 g/mol. The fraction of sp³-hybridized carbons (Fsp3) is 0.500. The van der Waals surface area contributed by atoms with Gasteiger partial charge in [0.05, 0.1) is 11.5 Å². The molecule has 1 heterocycles. The minimum Gasteiger partial charge on any atom is -0.323 e. The molecule has 0 spiro atoms. The summed E-state index contributed by atoms with van der Waals surface area (Å²) in [6.45, 7) is 3.99. The molecule has 7 heteroatoms. The molecule has 2 rings (SSSR count). The van der Waals surface area contributed by atoms with Crippen LogP contribution in [0.4, 0.5) is 10.5 Å². The summed E-state index contributed by atoms with van der Waals surface area (Å²) in [6.07, 6.45) is 2.76. The van der Waals surface area contributed by atoms with Crippen LogP contribution in [0.15, 0.2) is 24.3 Å². The molecule has 0 aromatic heterocycles. The van der Waals surface area contributed by atoms with Gasteiger partial charge in [0, 0.05) is 12.1 Å². The highest BCUT2D eigenvalue weighted by molar-refractivity contribution is 6.06. The Morgan fingerprint density at radius 1 is 1.22 bits per heavy atom. The minimum atomic E-state index is -0.832. The van der Waals surface area contributed by atoms with Crippen molar-refractivity contribution in [2.75, 3.05) is 0 Å². The number of hydrogen-bond donors (Lipinski definition) is 1. The Morgan fingerprint density at radius 3 is 2.43 bits per heavy atom. The summed E-state index contributed by atoms with van der Waals surface area (Å²) in [5.74, 6) is -0.238. The van der Waals surface area contributed by atoms with E-state index in [1.165, 1.54) is 12.1 Å². The van der Waals surface area contributed by atoms with Crippen LogP contribution in [-0.4, -0.2) is 27.3 Å². The van der Waals surface area contributed by atoms with E-state index in [4.69, 9.17) is 0 Å². The van der Waals surface area contributed by atoms with Gasteiger partial charge in [-0.05, 0) is 18.4 Å². The molecule has 1 aliphatic heterocycles. The van der Waals surface area contributed by atoms with Crippen molar-refractivity contribution in [2.24, 2.45) is 0 Å². The fourth-order valence-electron chi connectivity index (χ4n) is 3.09. The zero-order chi connectivity index (χ0) is 17.0. The topological polar surface area (TPSA) is 92.6 Å². The molecule has 1 fully saturated rings. The Labute approximate surface area is 134 Å². The molecule has 23 heavy (non-hydrogen) atoms. The fourth-order valence-corrected chi connectivity index (χ4v) is 3.09. The number of nitrogens with zero attached hydrogens (tertiary/aromatic N) is 2. The first kappa shape index (κ1) is 16.9. The lowest BCUT2D eigenvalue weighted by Gasteiger charge is -2.25. The van der Waals surface area contributed by atoms with Gasteiger partial charge in [-0.2, -0.15) is 0 Å². The highest BCUT2D eigenvalue weighted by Gasteiger charge is 2.49. The average Bonchev–Trinajstić information content (AvgIpc) is 2.73. The number of urea groups is 1. The molecular formula is C16H21N3O4. The van der Waals surface area contributed by atoms with E-state index in [-0.39, 0.29) is 18.1 Å². The summed E-state index contributed by atoms with van der Waals surface area (Å²) >= 11 is 0. The monoisotopic (exact) mass is 319 g/mol. The number of rotatable bonds is 7. The highest BCUT2D eigenvalue weighted by atomic mass is 16.6. The Morgan fingerprint density at radius 2 is 1.87 bits per heavy atom. The second-order valence-electron chi connectivity index (χ2n) is 5.83. The molecule has 0 aliphatic carbocycles. The first-order valence-electron chi connectivity index (χ1n) is 7.81. The zero-order valence-electron chi connectivity index (χ0n) is 13.4. The van der Waals surface area contributed by atoms with Gasteiger partial charge in [-0.1, -0.05) is 38.8 Å². The van der Waals surface area contributed by atoms with Gasteiger partial charge in [0.1, 0.15) is 5.54 Å². The quantitative estimate of drug-likeness (QED) is 0.475. The van der Waals surface area contributed by atoms with Crippen molar-refractivity contribution < 1.29 is 14.5 Å². The van der Waals surface area contributed by atoms with Crippen molar-refractivity contribution in [3.8, 4) is 0 Å². The number of nitro benzene ring substituents is 1. The van der Waals surface area contributed by atoms with Gasteiger partial charge in [-0.15, -0.1) is 0 Å². The van der Waals surface area contributed by atoms with Gasteiger partial charge in [0.2, 0.25) is 0 Å². The first-order valence-corrected chi connectivity index (χ1v) is 7.81. The second kappa shape index (κ2) is 6.76. The van der Waals surface area contributed by atoms with Crippen molar-refractivity contribution in [3.05, 3.63) is 39.9 Å². The number of amides is 3. The Balaban J connectivity index is 2.23. The van der Waals surface area contributed by atoms with Crippen LogP contribution >= 0.6 is 0 Å². The lowest BCUT2D eigenvalue weighted by molar-refractivity contribution is -0.384. The lowest BCUT2D eigenvalue weighted by atomic mass is 9.88. The van der Waals surface area contributed by atoms with Crippen molar-refractivity contribution in [2.45, 2.75) is 51.6 Å². The van der Waals surface area contributed by atoms with Crippen molar-refractivity contribution in [3.63, 3.8) is 0 Å². The molecule has 0 unspecified atom stereocenters. The Kier molecular flexibility index (Phi) is 4.98. The van der Waals surface area contributed by atoms with Gasteiger partial charge >= 0.3 is 6.03 Å². The number of benzene rings is 1. The summed E-state index contributed by atoms with van der Waals surface area (Å²) in [5.41, 5.74) is -0.323. The standard InChI is InChI=1S/C16H21N3O4/c1-3-8-16(9-4-2)14(20)18(15(21)17-16)11-12-6-5-7-13(10-12)19(22)23/h5-7,10H,3-4,8-9,11H2,1-2H3,(H,17,21). The van der Waals surface area contributed by atoms with Crippen LogP contribution in [0.1, 0.15) is 45.1 Å². The number of non-ortho nitro benzene ring substituents is 1. The molecule has 0 atom stereocenters. The summed E-state index contributed by atoms with van der Waals surface area (Å²) in [4.78, 5) is 36.5. The molecule has 0 saturated carbocycles. The van der Waals surface area contributed by atoms with E-state index in [1.807, 2.05) is 13.8 Å². The molecule has 1 aromatic carbocycles. The number of hydrogen-bond acceptors (Lipinski definition) is 4. The SMILES string of the molecule is CCCC1(CCC)NC(=O)N(Cc2cccc([N+](=O)[O-])c2)C1=O. The molecular weight excluding hydrogens is 298 g/mol. The zero-order valence-corrected chi connectivity index (χ0v) is 13.4. The van der Waals surface area contributed by atoms with E-state index in [2.05, 4.69) is 5.32 Å². The Hall–Kier alpha value is -2.44. The number of nitro groups is 1. The van der Waals surface area contributed by atoms with Crippen molar-refractivity contribution >= 4 is 17.6 Å². The van der Waals surface area contributed by atoms with E-state index in [0.717, 1.165) is 17.7 Å². The largest absolute Gasteiger partial charge is 0.325 e. The van der Waals surface area contributed by atoms with E-state index < -0.39 is 16.5 Å². The van der Waals surface area contributed by atoms with Gasteiger partial charge in [0.15, 0.2) is 0 Å². The molecule has 0 radical (unpaired) electrons. The normalized spacial score (nSPS) is 16.5. The predicted molar refractivity (Wildman–Crippen MR) is 84.7 cm³/mol. The third kappa shape index (κ3) is 3.33. The molecule has 0 bridgehead atoms. The third-order valence-electron chi connectivity index (χ3n) is 4.06. The van der Waals surface area contributed by atoms with Crippen LogP contribution in [0.25, 0.3) is 0 Å². The summed E-state index contributed by atoms with van der Waals surface area (Å²) in [6, 6.07) is 5.57. The van der Waals surface area contributed by atoms with E-state index >= 15 is 0 Å². The summed E-state index contributed by atoms with van der Waals surface area (Å²) in [5, 5.41) is 13.7. The van der Waals surface area contributed by atoms with Gasteiger partial charge in [0.25, 0.3) is 11.6 Å². The molecule has 1 saturated heterocycles. The van der Waals surface area contributed by atoms with Gasteiger partial charge in [-0.3, -0.25) is 19.8 Å². The van der Waals surface area contributed by atoms with Crippen LogP contribution in [0.2, 0.25) is 0 Å². The van der Waals surface area contributed by atoms with Crippen LogP contribution in [0.3, 0.4) is 0 Å². The minimum absolute atomic E-state index is 0.0432. The number of nitrogens with one attached hydrogen (secondary N) is 1. The van der Waals surface area contributed by atoms with E-state index in [9.17, 15) is 19.7 Å².